The van der Waals surface area contributed by atoms with Gasteiger partial charge in [-0.05, 0) is 71.8 Å². The third kappa shape index (κ3) is 4.48. The van der Waals surface area contributed by atoms with E-state index in [4.69, 9.17) is 4.74 Å². The van der Waals surface area contributed by atoms with Gasteiger partial charge >= 0.3 is 0 Å². The Labute approximate surface area is 235 Å². The molecule has 0 radical (unpaired) electrons. The number of nitriles is 2. The zero-order valence-electron chi connectivity index (χ0n) is 21.8. The van der Waals surface area contributed by atoms with Gasteiger partial charge < -0.3 is 14.7 Å². The lowest BCUT2D eigenvalue weighted by molar-refractivity contribution is 0.332. The highest BCUT2D eigenvalue weighted by Gasteiger charge is 2.12. The Morgan fingerprint density at radius 1 is 0.561 bits per heavy atom. The average molecular weight is 527 g/mol. The van der Waals surface area contributed by atoms with Gasteiger partial charge in [0, 0.05) is 49.2 Å². The second-order valence-corrected chi connectivity index (χ2v) is 9.87. The van der Waals surface area contributed by atoms with Gasteiger partial charge in [0.1, 0.15) is 29.2 Å². The van der Waals surface area contributed by atoms with E-state index in [1.807, 2.05) is 72.8 Å². The Hall–Kier alpha value is -6.04. The number of H-pyrrole nitrogens is 2. The van der Waals surface area contributed by atoms with Gasteiger partial charge in [-0.15, -0.1) is 0 Å². The van der Waals surface area contributed by atoms with Crippen molar-refractivity contribution in [1.29, 1.82) is 10.5 Å². The molecule has 5 nitrogen and oxygen atoms in total. The van der Waals surface area contributed by atoms with Crippen LogP contribution >= 0.6 is 0 Å². The van der Waals surface area contributed by atoms with E-state index in [1.54, 1.807) is 12.2 Å². The molecule has 3 heterocycles. The second-order valence-electron chi connectivity index (χ2n) is 9.87. The molecule has 0 saturated heterocycles. The van der Waals surface area contributed by atoms with Crippen molar-refractivity contribution in [3.8, 4) is 12.1 Å². The SMILES string of the molecule is N#CC(C#N)=C1C=C(/C=C/c2ccc3[nH]c4ccccc4c3c2)OC(/C=C/c2ccc3[nH]c4ccccc4c3c2)=C1. The number of hydrogen-bond acceptors (Lipinski definition) is 3. The number of rotatable bonds is 4. The van der Waals surface area contributed by atoms with Gasteiger partial charge in [0.05, 0.1) is 0 Å². The summed E-state index contributed by atoms with van der Waals surface area (Å²) in [6.45, 7) is 0. The van der Waals surface area contributed by atoms with Crippen molar-refractivity contribution >= 4 is 55.8 Å². The van der Waals surface area contributed by atoms with Crippen molar-refractivity contribution in [3.05, 3.63) is 143 Å². The predicted octanol–water partition coefficient (Wildman–Crippen LogP) is 8.82. The summed E-state index contributed by atoms with van der Waals surface area (Å²) < 4.78 is 6.17. The predicted molar refractivity (Wildman–Crippen MR) is 165 cm³/mol. The molecular formula is C36H22N4O. The van der Waals surface area contributed by atoms with E-state index >= 15 is 0 Å². The number of fused-ring (bicyclic) bond motifs is 6. The van der Waals surface area contributed by atoms with Crippen molar-refractivity contribution in [2.24, 2.45) is 0 Å². The Balaban J connectivity index is 1.20. The van der Waals surface area contributed by atoms with Crippen molar-refractivity contribution in [3.63, 3.8) is 0 Å². The molecule has 5 heteroatoms. The summed E-state index contributed by atoms with van der Waals surface area (Å²) in [5.74, 6) is 1.08. The Kier molecular flexibility index (Phi) is 5.82. The minimum Gasteiger partial charge on any atom is -0.457 e. The van der Waals surface area contributed by atoms with Crippen LogP contribution in [-0.4, -0.2) is 9.97 Å². The maximum Gasteiger partial charge on any atom is 0.137 e. The molecule has 0 unspecified atom stereocenters. The molecule has 0 atom stereocenters. The summed E-state index contributed by atoms with van der Waals surface area (Å²) in [5.41, 5.74) is 6.93. The smallest absolute Gasteiger partial charge is 0.137 e. The lowest BCUT2D eigenvalue weighted by atomic mass is 10.0. The largest absolute Gasteiger partial charge is 0.457 e. The summed E-state index contributed by atoms with van der Waals surface area (Å²) in [6.07, 6.45) is 11.1. The molecule has 1 aliphatic heterocycles. The third-order valence-electron chi connectivity index (χ3n) is 7.28. The number of benzene rings is 4. The third-order valence-corrected chi connectivity index (χ3v) is 7.28. The van der Waals surface area contributed by atoms with Crippen LogP contribution < -0.4 is 0 Å². The summed E-state index contributed by atoms with van der Waals surface area (Å²) in [7, 11) is 0. The summed E-state index contributed by atoms with van der Waals surface area (Å²) in [6, 6.07) is 33.0. The van der Waals surface area contributed by atoms with Gasteiger partial charge in [0.2, 0.25) is 0 Å². The van der Waals surface area contributed by atoms with Crippen LogP contribution in [0, 0.1) is 22.7 Å². The van der Waals surface area contributed by atoms with Gasteiger partial charge in [-0.3, -0.25) is 0 Å². The molecular weight excluding hydrogens is 504 g/mol. The standard InChI is InChI=1S/C36H22N4O/c37-21-26(22-38)25-19-27(13-9-23-11-15-35-31(17-23)29-5-1-3-7-33(29)39-35)41-28(20-25)14-10-24-12-16-36-32(18-24)30-6-2-4-8-34(30)40-36/h1-20,39-40H/b13-9+,14-10+. The first-order valence-corrected chi connectivity index (χ1v) is 13.2. The fourth-order valence-corrected chi connectivity index (χ4v) is 5.30. The van der Waals surface area contributed by atoms with Crippen LogP contribution in [-0.2, 0) is 4.74 Å². The lowest BCUT2D eigenvalue weighted by Crippen LogP contribution is -1.98. The van der Waals surface area contributed by atoms with Crippen LogP contribution in [0.15, 0.2) is 132 Å². The van der Waals surface area contributed by atoms with E-state index in [9.17, 15) is 10.5 Å². The summed E-state index contributed by atoms with van der Waals surface area (Å²) in [5, 5.41) is 23.7. The molecule has 1 aliphatic rings. The lowest BCUT2D eigenvalue weighted by Gasteiger charge is -2.14. The van der Waals surface area contributed by atoms with E-state index in [1.165, 1.54) is 10.8 Å². The van der Waals surface area contributed by atoms with Crippen molar-refractivity contribution in [2.75, 3.05) is 0 Å². The van der Waals surface area contributed by atoms with Gasteiger partial charge in [0.25, 0.3) is 0 Å². The number of nitrogens with zero attached hydrogens (tertiary/aromatic N) is 2. The summed E-state index contributed by atoms with van der Waals surface area (Å²) in [4.78, 5) is 6.90. The highest BCUT2D eigenvalue weighted by Crippen LogP contribution is 2.29. The van der Waals surface area contributed by atoms with Gasteiger partial charge in [-0.25, -0.2) is 0 Å². The zero-order valence-corrected chi connectivity index (χ0v) is 21.8. The number of ether oxygens (including phenoxy) is 1. The van der Waals surface area contributed by atoms with Crippen molar-refractivity contribution in [2.45, 2.75) is 0 Å². The molecule has 6 aromatic rings. The van der Waals surface area contributed by atoms with Crippen LogP contribution in [0.1, 0.15) is 11.1 Å². The molecule has 2 aromatic heterocycles. The number of aromatic nitrogens is 2. The van der Waals surface area contributed by atoms with Gasteiger partial charge in [-0.1, -0.05) is 60.7 Å². The second kappa shape index (κ2) is 9.93. The quantitative estimate of drug-likeness (QED) is 0.225. The normalized spacial score (nSPS) is 13.6. The highest BCUT2D eigenvalue weighted by molar-refractivity contribution is 6.08. The molecule has 192 valence electrons. The maximum atomic E-state index is 9.53. The van der Waals surface area contributed by atoms with E-state index in [0.717, 1.165) is 44.0 Å². The van der Waals surface area contributed by atoms with Gasteiger partial charge in [0.15, 0.2) is 0 Å². The molecule has 0 amide bonds. The minimum atomic E-state index is 0.0329. The van der Waals surface area contributed by atoms with Crippen LogP contribution in [0.5, 0.6) is 0 Å². The topological polar surface area (TPSA) is 88.4 Å². The van der Waals surface area contributed by atoms with Crippen LogP contribution in [0.3, 0.4) is 0 Å². The Morgan fingerprint density at radius 2 is 1.02 bits per heavy atom. The molecule has 0 aliphatic carbocycles. The highest BCUT2D eigenvalue weighted by atomic mass is 16.5. The molecule has 2 N–H and O–H groups in total. The summed E-state index contributed by atoms with van der Waals surface area (Å²) >= 11 is 0. The first kappa shape index (κ1) is 24.0. The minimum absolute atomic E-state index is 0.0329. The van der Waals surface area contributed by atoms with Crippen molar-refractivity contribution < 1.29 is 4.74 Å². The van der Waals surface area contributed by atoms with E-state index in [0.29, 0.717) is 17.1 Å². The number of para-hydroxylation sites is 2. The van der Waals surface area contributed by atoms with E-state index in [-0.39, 0.29) is 5.57 Å². The monoisotopic (exact) mass is 526 g/mol. The molecule has 0 spiro atoms. The fraction of sp³-hybridized carbons (Fsp3) is 0. The van der Waals surface area contributed by atoms with Crippen molar-refractivity contribution in [1.82, 2.24) is 9.97 Å². The fourth-order valence-electron chi connectivity index (χ4n) is 5.30. The first-order valence-electron chi connectivity index (χ1n) is 13.2. The van der Waals surface area contributed by atoms with Crippen LogP contribution in [0.4, 0.5) is 0 Å². The van der Waals surface area contributed by atoms with E-state index < -0.39 is 0 Å². The Bertz CT molecular complexity index is 2100. The molecule has 7 rings (SSSR count). The maximum absolute atomic E-state index is 9.53. The number of nitrogens with one attached hydrogen (secondary N) is 2. The molecule has 4 aromatic carbocycles. The van der Waals surface area contributed by atoms with E-state index in [2.05, 4.69) is 58.5 Å². The van der Waals surface area contributed by atoms with Crippen LogP contribution in [0.2, 0.25) is 0 Å². The first-order chi connectivity index (χ1) is 20.2. The molecule has 41 heavy (non-hydrogen) atoms. The Morgan fingerprint density at radius 3 is 1.51 bits per heavy atom. The zero-order chi connectivity index (χ0) is 27.8. The molecule has 0 saturated carbocycles. The molecule has 0 fully saturated rings. The number of hydrogen-bond donors (Lipinski definition) is 2. The number of aromatic amines is 2. The number of allylic oxidation sites excluding steroid dienone is 6. The van der Waals surface area contributed by atoms with Gasteiger partial charge in [-0.2, -0.15) is 10.5 Å². The molecule has 0 bridgehead atoms. The average Bonchev–Trinajstić information content (AvgIpc) is 3.57. The van der Waals surface area contributed by atoms with Crippen LogP contribution in [0.25, 0.3) is 55.8 Å².